The number of aromatic nitrogens is 2. The van der Waals surface area contributed by atoms with Crippen LogP contribution in [0.5, 0.6) is 0 Å². The van der Waals surface area contributed by atoms with Gasteiger partial charge in [-0.05, 0) is 44.5 Å². The Bertz CT molecular complexity index is 612. The summed E-state index contributed by atoms with van der Waals surface area (Å²) in [5.74, 6) is -1.45. The normalized spacial score (nSPS) is 12.2. The molecule has 2 rings (SSSR count). The highest BCUT2D eigenvalue weighted by atomic mass is 19.1. The van der Waals surface area contributed by atoms with Crippen molar-refractivity contribution in [2.45, 2.75) is 26.8 Å². The molecule has 106 valence electrons. The third-order valence-electron chi connectivity index (χ3n) is 3.07. The van der Waals surface area contributed by atoms with Gasteiger partial charge in [-0.2, -0.15) is 5.10 Å². The van der Waals surface area contributed by atoms with Crippen molar-refractivity contribution in [3.63, 3.8) is 0 Å². The number of carbonyl (C=O) groups is 1. The second-order valence-corrected chi connectivity index (χ2v) is 4.78. The first-order chi connectivity index (χ1) is 9.38. The third-order valence-corrected chi connectivity index (χ3v) is 3.07. The van der Waals surface area contributed by atoms with Gasteiger partial charge in [-0.25, -0.2) is 9.18 Å². The van der Waals surface area contributed by atoms with E-state index in [0.717, 1.165) is 5.56 Å². The lowest BCUT2D eigenvalue weighted by atomic mass is 10.0. The number of aromatic amines is 1. The fourth-order valence-electron chi connectivity index (χ4n) is 2.23. The van der Waals surface area contributed by atoms with Gasteiger partial charge in [-0.3, -0.25) is 5.10 Å². The number of carboxylic acid groups (broad SMARTS) is 1. The Morgan fingerprint density at radius 3 is 2.55 bits per heavy atom. The molecule has 0 aliphatic heterocycles. The van der Waals surface area contributed by atoms with Crippen LogP contribution in [0.1, 0.15) is 28.6 Å². The molecule has 0 aliphatic rings. The van der Waals surface area contributed by atoms with E-state index >= 15 is 0 Å². The van der Waals surface area contributed by atoms with E-state index in [1.807, 2.05) is 0 Å². The molecule has 1 heterocycles. The molecule has 20 heavy (non-hydrogen) atoms. The van der Waals surface area contributed by atoms with Crippen molar-refractivity contribution in [3.8, 4) is 0 Å². The van der Waals surface area contributed by atoms with E-state index in [2.05, 4.69) is 15.5 Å². The van der Waals surface area contributed by atoms with E-state index in [4.69, 9.17) is 0 Å². The van der Waals surface area contributed by atoms with Gasteiger partial charge in [-0.15, -0.1) is 0 Å². The van der Waals surface area contributed by atoms with Gasteiger partial charge in [0.2, 0.25) is 0 Å². The van der Waals surface area contributed by atoms with Crippen LogP contribution in [-0.4, -0.2) is 21.3 Å². The molecule has 0 fully saturated rings. The zero-order valence-electron chi connectivity index (χ0n) is 11.5. The number of halogens is 1. The van der Waals surface area contributed by atoms with Crippen LogP contribution in [0, 0.1) is 26.6 Å². The number of nitrogens with one attached hydrogen (secondary N) is 2. The van der Waals surface area contributed by atoms with E-state index in [1.54, 1.807) is 26.8 Å². The van der Waals surface area contributed by atoms with Crippen LogP contribution in [0.25, 0.3) is 0 Å². The first-order valence-corrected chi connectivity index (χ1v) is 6.16. The summed E-state index contributed by atoms with van der Waals surface area (Å²) in [6.07, 6.45) is 0. The van der Waals surface area contributed by atoms with Crippen LogP contribution in [-0.2, 0) is 4.79 Å². The van der Waals surface area contributed by atoms with E-state index in [1.165, 1.54) is 12.1 Å². The van der Waals surface area contributed by atoms with Gasteiger partial charge in [0.1, 0.15) is 5.82 Å². The number of anilines is 1. The lowest BCUT2D eigenvalue weighted by Crippen LogP contribution is -2.21. The summed E-state index contributed by atoms with van der Waals surface area (Å²) in [4.78, 5) is 11.5. The number of aryl methyl sites for hydroxylation is 3. The minimum Gasteiger partial charge on any atom is -0.479 e. The number of carboxylic acids is 1. The molecule has 1 aromatic heterocycles. The standard InChI is InChI=1S/C14H16FN3O2/c1-7-4-10(15)6-11(5-7)16-13(14(19)20)12-8(2)17-18-9(12)3/h4-6,13,16H,1-3H3,(H,17,18)(H,19,20). The Balaban J connectivity index is 2.38. The predicted octanol–water partition coefficient (Wildman–Crippen LogP) is 2.71. The highest BCUT2D eigenvalue weighted by Gasteiger charge is 2.25. The Kier molecular flexibility index (Phi) is 3.74. The topological polar surface area (TPSA) is 78.0 Å². The molecule has 3 N–H and O–H groups in total. The van der Waals surface area contributed by atoms with E-state index in [-0.39, 0.29) is 0 Å². The number of nitrogens with zero attached hydrogens (tertiary/aromatic N) is 1. The number of benzene rings is 1. The van der Waals surface area contributed by atoms with Gasteiger partial charge in [0.05, 0.1) is 5.69 Å². The lowest BCUT2D eigenvalue weighted by Gasteiger charge is -2.17. The van der Waals surface area contributed by atoms with Crippen LogP contribution in [0.4, 0.5) is 10.1 Å². The highest BCUT2D eigenvalue weighted by Crippen LogP contribution is 2.25. The van der Waals surface area contributed by atoms with E-state index < -0.39 is 17.8 Å². The molecule has 0 saturated heterocycles. The van der Waals surface area contributed by atoms with Crippen LogP contribution in [0.2, 0.25) is 0 Å². The molecular weight excluding hydrogens is 261 g/mol. The average Bonchev–Trinajstić information content (AvgIpc) is 2.65. The van der Waals surface area contributed by atoms with Crippen molar-refractivity contribution in [2.75, 3.05) is 5.32 Å². The summed E-state index contributed by atoms with van der Waals surface area (Å²) in [6.45, 7) is 5.23. The van der Waals surface area contributed by atoms with Gasteiger partial charge in [0.25, 0.3) is 0 Å². The first-order valence-electron chi connectivity index (χ1n) is 6.16. The smallest absolute Gasteiger partial charge is 0.330 e. The molecule has 0 radical (unpaired) electrons. The molecule has 1 atom stereocenters. The minimum absolute atomic E-state index is 0.405. The Morgan fingerprint density at radius 2 is 2.05 bits per heavy atom. The Hall–Kier alpha value is -2.37. The monoisotopic (exact) mass is 277 g/mol. The molecule has 0 saturated carbocycles. The first kappa shape index (κ1) is 14.0. The molecule has 2 aromatic rings. The van der Waals surface area contributed by atoms with Crippen LogP contribution < -0.4 is 5.32 Å². The SMILES string of the molecule is Cc1cc(F)cc(NC(C(=O)O)c2c(C)n[nH]c2C)c1. The summed E-state index contributed by atoms with van der Waals surface area (Å²) < 4.78 is 13.4. The number of hydrogen-bond donors (Lipinski definition) is 3. The fourth-order valence-corrected chi connectivity index (χ4v) is 2.23. The molecule has 0 bridgehead atoms. The minimum atomic E-state index is -1.04. The lowest BCUT2D eigenvalue weighted by molar-refractivity contribution is -0.138. The third kappa shape index (κ3) is 2.79. The molecule has 0 amide bonds. The molecular formula is C14H16FN3O2. The Labute approximate surface area is 115 Å². The molecule has 6 heteroatoms. The Morgan fingerprint density at radius 1 is 1.35 bits per heavy atom. The number of H-pyrrole nitrogens is 1. The summed E-state index contributed by atoms with van der Waals surface area (Å²) in [7, 11) is 0. The van der Waals surface area contributed by atoms with Crippen LogP contribution in [0.3, 0.4) is 0 Å². The number of rotatable bonds is 4. The second-order valence-electron chi connectivity index (χ2n) is 4.78. The number of aliphatic carboxylic acids is 1. The molecule has 5 nitrogen and oxygen atoms in total. The van der Waals surface area contributed by atoms with E-state index in [9.17, 15) is 14.3 Å². The second kappa shape index (κ2) is 5.32. The maximum atomic E-state index is 13.4. The maximum Gasteiger partial charge on any atom is 0.330 e. The fraction of sp³-hybridized carbons (Fsp3) is 0.286. The van der Waals surface area contributed by atoms with Crippen molar-refractivity contribution < 1.29 is 14.3 Å². The molecule has 1 aromatic carbocycles. The van der Waals surface area contributed by atoms with Gasteiger partial charge >= 0.3 is 5.97 Å². The number of hydrogen-bond acceptors (Lipinski definition) is 3. The van der Waals surface area contributed by atoms with Crippen molar-refractivity contribution in [1.29, 1.82) is 0 Å². The predicted molar refractivity (Wildman–Crippen MR) is 73.2 cm³/mol. The van der Waals surface area contributed by atoms with Gasteiger partial charge in [-0.1, -0.05) is 0 Å². The summed E-state index contributed by atoms with van der Waals surface area (Å²) in [5.41, 5.74) is 3.00. The van der Waals surface area contributed by atoms with Gasteiger partial charge in [0, 0.05) is 16.9 Å². The summed E-state index contributed by atoms with van der Waals surface area (Å²) in [5, 5.41) is 19.0. The van der Waals surface area contributed by atoms with E-state index in [0.29, 0.717) is 22.6 Å². The van der Waals surface area contributed by atoms with Crippen molar-refractivity contribution in [3.05, 3.63) is 46.5 Å². The van der Waals surface area contributed by atoms with Crippen molar-refractivity contribution >= 4 is 11.7 Å². The summed E-state index contributed by atoms with van der Waals surface area (Å²) >= 11 is 0. The van der Waals surface area contributed by atoms with Crippen molar-refractivity contribution in [1.82, 2.24) is 10.2 Å². The summed E-state index contributed by atoms with van der Waals surface area (Å²) in [6, 6.07) is 3.38. The largest absolute Gasteiger partial charge is 0.479 e. The zero-order valence-corrected chi connectivity index (χ0v) is 11.5. The molecule has 0 spiro atoms. The zero-order chi connectivity index (χ0) is 14.9. The van der Waals surface area contributed by atoms with Gasteiger partial charge < -0.3 is 10.4 Å². The van der Waals surface area contributed by atoms with Crippen LogP contribution >= 0.6 is 0 Å². The maximum absolute atomic E-state index is 13.4. The van der Waals surface area contributed by atoms with Gasteiger partial charge in [0.15, 0.2) is 6.04 Å². The van der Waals surface area contributed by atoms with Crippen molar-refractivity contribution in [2.24, 2.45) is 0 Å². The highest BCUT2D eigenvalue weighted by molar-refractivity contribution is 5.80. The molecule has 1 unspecified atom stereocenters. The molecule has 0 aliphatic carbocycles. The quantitative estimate of drug-likeness (QED) is 0.803. The van der Waals surface area contributed by atoms with Crippen LogP contribution in [0.15, 0.2) is 18.2 Å². The average molecular weight is 277 g/mol.